The standard InChI is InChI=1S/C14H20N2O4/c1-3-5-6-10(4-2)15-11-7-13-14(20-9-19-13)8-12(11)16(17)18/h7-8,10,15H,3-6,9H2,1-2H3. The summed E-state index contributed by atoms with van der Waals surface area (Å²) < 4.78 is 10.5. The van der Waals surface area contributed by atoms with Crippen molar-refractivity contribution in [3.63, 3.8) is 0 Å². The molecular formula is C14H20N2O4. The van der Waals surface area contributed by atoms with Gasteiger partial charge in [0.1, 0.15) is 5.69 Å². The number of nitro groups is 1. The van der Waals surface area contributed by atoms with E-state index in [1.807, 2.05) is 0 Å². The maximum absolute atomic E-state index is 11.2. The molecule has 0 saturated carbocycles. The van der Waals surface area contributed by atoms with Crippen LogP contribution in [0.25, 0.3) is 0 Å². The first kappa shape index (κ1) is 14.4. The van der Waals surface area contributed by atoms with Crippen molar-refractivity contribution in [2.75, 3.05) is 12.1 Å². The van der Waals surface area contributed by atoms with Gasteiger partial charge in [-0.25, -0.2) is 0 Å². The topological polar surface area (TPSA) is 73.6 Å². The van der Waals surface area contributed by atoms with Crippen molar-refractivity contribution in [2.45, 2.75) is 45.6 Å². The molecule has 2 rings (SSSR count). The maximum atomic E-state index is 11.2. The molecule has 0 spiro atoms. The molecule has 20 heavy (non-hydrogen) atoms. The van der Waals surface area contributed by atoms with Gasteiger partial charge < -0.3 is 14.8 Å². The van der Waals surface area contributed by atoms with Crippen LogP contribution in [0, 0.1) is 10.1 Å². The maximum Gasteiger partial charge on any atom is 0.296 e. The molecule has 0 saturated heterocycles. The third kappa shape index (κ3) is 3.12. The van der Waals surface area contributed by atoms with Crippen molar-refractivity contribution in [3.05, 3.63) is 22.2 Å². The first-order valence-corrected chi connectivity index (χ1v) is 7.00. The minimum atomic E-state index is -0.392. The Bertz CT molecular complexity index is 490. The van der Waals surface area contributed by atoms with Crippen molar-refractivity contribution in [3.8, 4) is 11.5 Å². The normalized spacial score (nSPS) is 14.1. The molecule has 1 N–H and O–H groups in total. The number of fused-ring (bicyclic) bond motifs is 1. The molecule has 6 nitrogen and oxygen atoms in total. The van der Waals surface area contributed by atoms with E-state index >= 15 is 0 Å². The molecule has 0 radical (unpaired) electrons. The van der Waals surface area contributed by atoms with Crippen molar-refractivity contribution < 1.29 is 14.4 Å². The van der Waals surface area contributed by atoms with Crippen molar-refractivity contribution in [1.29, 1.82) is 0 Å². The third-order valence-corrected chi connectivity index (χ3v) is 3.45. The van der Waals surface area contributed by atoms with Gasteiger partial charge in [-0.15, -0.1) is 0 Å². The SMILES string of the molecule is CCCCC(CC)Nc1cc2c(cc1[N+](=O)[O-])OCO2. The van der Waals surface area contributed by atoms with Crippen LogP contribution in [0.15, 0.2) is 12.1 Å². The number of rotatable bonds is 7. The highest BCUT2D eigenvalue weighted by atomic mass is 16.7. The van der Waals surface area contributed by atoms with Gasteiger partial charge in [-0.3, -0.25) is 10.1 Å². The number of ether oxygens (including phenoxy) is 2. The van der Waals surface area contributed by atoms with Gasteiger partial charge in [-0.1, -0.05) is 26.7 Å². The van der Waals surface area contributed by atoms with Gasteiger partial charge >= 0.3 is 0 Å². The summed E-state index contributed by atoms with van der Waals surface area (Å²) in [5.74, 6) is 0.993. The van der Waals surface area contributed by atoms with Crippen LogP contribution in [0.1, 0.15) is 39.5 Å². The molecule has 1 aromatic carbocycles. The van der Waals surface area contributed by atoms with Crippen LogP contribution in [0.2, 0.25) is 0 Å². The average molecular weight is 280 g/mol. The van der Waals surface area contributed by atoms with Crippen LogP contribution in [0.3, 0.4) is 0 Å². The minimum Gasteiger partial charge on any atom is -0.454 e. The molecular weight excluding hydrogens is 260 g/mol. The van der Waals surface area contributed by atoms with Crippen LogP contribution in [-0.2, 0) is 0 Å². The van der Waals surface area contributed by atoms with Crippen molar-refractivity contribution >= 4 is 11.4 Å². The molecule has 0 amide bonds. The number of nitro benzene ring substituents is 1. The second-order valence-electron chi connectivity index (χ2n) is 4.87. The van der Waals surface area contributed by atoms with E-state index in [-0.39, 0.29) is 18.5 Å². The van der Waals surface area contributed by atoms with Gasteiger partial charge in [-0.2, -0.15) is 0 Å². The molecule has 0 bridgehead atoms. The molecule has 0 aliphatic carbocycles. The second-order valence-corrected chi connectivity index (χ2v) is 4.87. The molecule has 1 aliphatic heterocycles. The van der Waals surface area contributed by atoms with E-state index in [1.54, 1.807) is 6.07 Å². The van der Waals surface area contributed by atoms with Crippen LogP contribution >= 0.6 is 0 Å². The monoisotopic (exact) mass is 280 g/mol. The highest BCUT2D eigenvalue weighted by Gasteiger charge is 2.24. The van der Waals surface area contributed by atoms with Crippen LogP contribution in [0.4, 0.5) is 11.4 Å². The van der Waals surface area contributed by atoms with E-state index in [0.717, 1.165) is 25.7 Å². The molecule has 0 fully saturated rings. The lowest BCUT2D eigenvalue weighted by atomic mass is 10.1. The first-order chi connectivity index (χ1) is 9.65. The third-order valence-electron chi connectivity index (χ3n) is 3.45. The highest BCUT2D eigenvalue weighted by molar-refractivity contribution is 5.69. The lowest BCUT2D eigenvalue weighted by Crippen LogP contribution is -2.19. The van der Waals surface area contributed by atoms with Crippen LogP contribution in [-0.4, -0.2) is 17.8 Å². The van der Waals surface area contributed by atoms with Gasteiger partial charge in [0.15, 0.2) is 11.5 Å². The molecule has 1 aliphatic rings. The van der Waals surface area contributed by atoms with E-state index in [0.29, 0.717) is 17.2 Å². The Morgan fingerprint density at radius 2 is 2.05 bits per heavy atom. The van der Waals surface area contributed by atoms with E-state index in [2.05, 4.69) is 19.2 Å². The summed E-state index contributed by atoms with van der Waals surface area (Å²) in [6.45, 7) is 4.32. The summed E-state index contributed by atoms with van der Waals surface area (Å²) in [6, 6.07) is 3.32. The summed E-state index contributed by atoms with van der Waals surface area (Å²) in [7, 11) is 0. The lowest BCUT2D eigenvalue weighted by Gasteiger charge is -2.18. The zero-order chi connectivity index (χ0) is 14.5. The Morgan fingerprint density at radius 3 is 2.65 bits per heavy atom. The van der Waals surface area contributed by atoms with E-state index in [1.165, 1.54) is 6.07 Å². The Balaban J connectivity index is 2.23. The number of nitrogens with one attached hydrogen (secondary N) is 1. The number of hydrogen-bond acceptors (Lipinski definition) is 5. The first-order valence-electron chi connectivity index (χ1n) is 7.00. The van der Waals surface area contributed by atoms with Crippen molar-refractivity contribution in [2.24, 2.45) is 0 Å². The molecule has 6 heteroatoms. The Kier molecular flexibility index (Phi) is 4.65. The molecule has 0 aromatic heterocycles. The summed E-state index contributed by atoms with van der Waals surface area (Å²) in [5, 5.41) is 14.4. The van der Waals surface area contributed by atoms with Gasteiger partial charge in [-0.05, 0) is 12.8 Å². The van der Waals surface area contributed by atoms with E-state index in [4.69, 9.17) is 9.47 Å². The van der Waals surface area contributed by atoms with E-state index in [9.17, 15) is 10.1 Å². The lowest BCUT2D eigenvalue weighted by molar-refractivity contribution is -0.384. The predicted octanol–water partition coefficient (Wildman–Crippen LogP) is 3.70. The minimum absolute atomic E-state index is 0.0317. The number of benzene rings is 1. The zero-order valence-electron chi connectivity index (χ0n) is 11.8. The smallest absolute Gasteiger partial charge is 0.296 e. The summed E-state index contributed by atoms with van der Waals surface area (Å²) in [6.07, 6.45) is 4.13. The van der Waals surface area contributed by atoms with Crippen LogP contribution < -0.4 is 14.8 Å². The molecule has 1 atom stereocenters. The fourth-order valence-corrected chi connectivity index (χ4v) is 2.25. The van der Waals surface area contributed by atoms with Gasteiger partial charge in [0.25, 0.3) is 5.69 Å². The summed E-state index contributed by atoms with van der Waals surface area (Å²) in [5.41, 5.74) is 0.534. The van der Waals surface area contributed by atoms with Crippen molar-refractivity contribution in [1.82, 2.24) is 0 Å². The molecule has 110 valence electrons. The zero-order valence-corrected chi connectivity index (χ0v) is 11.8. The Labute approximate surface area is 118 Å². The largest absolute Gasteiger partial charge is 0.454 e. The highest BCUT2D eigenvalue weighted by Crippen LogP contribution is 2.41. The fraction of sp³-hybridized carbons (Fsp3) is 0.571. The predicted molar refractivity (Wildman–Crippen MR) is 76.4 cm³/mol. The van der Waals surface area contributed by atoms with Crippen LogP contribution in [0.5, 0.6) is 11.5 Å². The average Bonchev–Trinajstić information content (AvgIpc) is 2.89. The Morgan fingerprint density at radius 1 is 1.35 bits per heavy atom. The Hall–Kier alpha value is -1.98. The second kappa shape index (κ2) is 6.45. The fourth-order valence-electron chi connectivity index (χ4n) is 2.25. The molecule has 1 heterocycles. The number of anilines is 1. The number of nitrogens with zero attached hydrogens (tertiary/aromatic N) is 1. The molecule has 1 aromatic rings. The molecule has 1 unspecified atom stereocenters. The summed E-state index contributed by atoms with van der Waals surface area (Å²) in [4.78, 5) is 10.8. The van der Waals surface area contributed by atoms with Gasteiger partial charge in [0, 0.05) is 12.1 Å². The quantitative estimate of drug-likeness (QED) is 0.609. The summed E-state index contributed by atoms with van der Waals surface area (Å²) >= 11 is 0. The number of unbranched alkanes of at least 4 members (excludes halogenated alkanes) is 1. The van der Waals surface area contributed by atoms with Gasteiger partial charge in [0.2, 0.25) is 6.79 Å². The number of hydrogen-bond donors (Lipinski definition) is 1. The van der Waals surface area contributed by atoms with E-state index < -0.39 is 4.92 Å². The van der Waals surface area contributed by atoms with Gasteiger partial charge in [0.05, 0.1) is 11.0 Å².